The first-order chi connectivity index (χ1) is 8.78. The Kier molecular flexibility index (Phi) is 5.21. The Bertz CT molecular complexity index is 354. The van der Waals surface area contributed by atoms with Gasteiger partial charge in [-0.1, -0.05) is 36.8 Å². The summed E-state index contributed by atoms with van der Waals surface area (Å²) in [6, 6.07) is 8.91. The quantitative estimate of drug-likeness (QED) is 0.788. The zero-order chi connectivity index (χ0) is 12.8. The predicted octanol–water partition coefficient (Wildman–Crippen LogP) is 2.57. The first-order valence-electron chi connectivity index (χ1n) is 7.28. The van der Waals surface area contributed by atoms with Crippen LogP contribution in [0.1, 0.15) is 24.5 Å². The second-order valence-corrected chi connectivity index (χ2v) is 5.42. The van der Waals surface area contributed by atoms with Gasteiger partial charge in [-0.25, -0.2) is 0 Å². The monoisotopic (exact) mass is 246 g/mol. The molecule has 0 saturated carbocycles. The smallest absolute Gasteiger partial charge is 0.0110 e. The van der Waals surface area contributed by atoms with E-state index >= 15 is 0 Å². The molecule has 1 aromatic carbocycles. The Morgan fingerprint density at radius 3 is 2.28 bits per heavy atom. The molecule has 1 aliphatic rings. The van der Waals surface area contributed by atoms with Gasteiger partial charge in [0, 0.05) is 32.7 Å². The lowest BCUT2D eigenvalue weighted by molar-refractivity contribution is 0.133. The fourth-order valence-electron chi connectivity index (χ4n) is 2.71. The van der Waals surface area contributed by atoms with Crippen molar-refractivity contribution in [3.05, 3.63) is 35.4 Å². The Hall–Kier alpha value is -0.860. The molecule has 2 heteroatoms. The molecular weight excluding hydrogens is 220 g/mol. The zero-order valence-corrected chi connectivity index (χ0v) is 11.9. The van der Waals surface area contributed by atoms with Gasteiger partial charge in [0.1, 0.15) is 0 Å². The number of benzene rings is 1. The summed E-state index contributed by atoms with van der Waals surface area (Å²) >= 11 is 0. The molecule has 0 N–H and O–H groups in total. The van der Waals surface area contributed by atoms with Crippen molar-refractivity contribution in [3.63, 3.8) is 0 Å². The highest BCUT2D eigenvalue weighted by molar-refractivity contribution is 5.22. The van der Waals surface area contributed by atoms with Gasteiger partial charge >= 0.3 is 0 Å². The van der Waals surface area contributed by atoms with Crippen molar-refractivity contribution in [1.82, 2.24) is 9.80 Å². The van der Waals surface area contributed by atoms with Crippen molar-refractivity contribution in [2.75, 3.05) is 39.3 Å². The highest BCUT2D eigenvalue weighted by atomic mass is 15.3. The molecular formula is C16H26N2. The van der Waals surface area contributed by atoms with E-state index in [9.17, 15) is 0 Å². The molecule has 0 spiro atoms. The number of hydrogen-bond donors (Lipinski definition) is 0. The van der Waals surface area contributed by atoms with Crippen LogP contribution in [0.15, 0.2) is 24.3 Å². The normalized spacial score (nSPS) is 18.1. The van der Waals surface area contributed by atoms with Crippen molar-refractivity contribution >= 4 is 0 Å². The number of piperazine rings is 1. The van der Waals surface area contributed by atoms with Crippen molar-refractivity contribution < 1.29 is 0 Å². The molecule has 1 aliphatic heterocycles. The van der Waals surface area contributed by atoms with Crippen molar-refractivity contribution in [2.45, 2.75) is 26.7 Å². The molecule has 1 heterocycles. The average Bonchev–Trinajstić information content (AvgIpc) is 2.38. The van der Waals surface area contributed by atoms with Gasteiger partial charge in [0.2, 0.25) is 0 Å². The van der Waals surface area contributed by atoms with Crippen LogP contribution >= 0.6 is 0 Å². The van der Waals surface area contributed by atoms with Crippen LogP contribution < -0.4 is 0 Å². The Balaban J connectivity index is 1.72. The molecule has 0 bridgehead atoms. The van der Waals surface area contributed by atoms with E-state index < -0.39 is 0 Å². The topological polar surface area (TPSA) is 6.48 Å². The molecule has 100 valence electrons. The summed E-state index contributed by atoms with van der Waals surface area (Å²) in [6.45, 7) is 11.9. The number of hydrogen-bond acceptors (Lipinski definition) is 2. The van der Waals surface area contributed by atoms with Crippen LogP contribution in [0.2, 0.25) is 0 Å². The first-order valence-corrected chi connectivity index (χ1v) is 7.28. The second-order valence-electron chi connectivity index (χ2n) is 5.42. The fourth-order valence-corrected chi connectivity index (χ4v) is 2.71. The summed E-state index contributed by atoms with van der Waals surface area (Å²) in [5.41, 5.74) is 2.85. The minimum absolute atomic E-state index is 1.19. The largest absolute Gasteiger partial charge is 0.301 e. The first kappa shape index (κ1) is 13.6. The lowest BCUT2D eigenvalue weighted by Gasteiger charge is -2.34. The molecule has 1 aromatic rings. The molecule has 1 fully saturated rings. The summed E-state index contributed by atoms with van der Waals surface area (Å²) in [7, 11) is 0. The molecule has 0 amide bonds. The van der Waals surface area contributed by atoms with Crippen LogP contribution in [0.4, 0.5) is 0 Å². The van der Waals surface area contributed by atoms with Gasteiger partial charge in [0.05, 0.1) is 0 Å². The van der Waals surface area contributed by atoms with Crippen LogP contribution in [0.5, 0.6) is 0 Å². The van der Waals surface area contributed by atoms with Gasteiger partial charge in [-0.15, -0.1) is 0 Å². The molecule has 1 saturated heterocycles. The van der Waals surface area contributed by atoms with Crippen molar-refractivity contribution in [3.8, 4) is 0 Å². The zero-order valence-electron chi connectivity index (χ0n) is 11.9. The maximum atomic E-state index is 2.61. The van der Waals surface area contributed by atoms with Crippen LogP contribution in [0.3, 0.4) is 0 Å². The highest BCUT2D eigenvalue weighted by Crippen LogP contribution is 2.07. The van der Waals surface area contributed by atoms with E-state index in [-0.39, 0.29) is 0 Å². The van der Waals surface area contributed by atoms with Crippen LogP contribution in [-0.4, -0.2) is 49.1 Å². The summed E-state index contributed by atoms with van der Waals surface area (Å²) in [5.74, 6) is 0. The van der Waals surface area contributed by atoms with Crippen LogP contribution in [-0.2, 0) is 6.42 Å². The lowest BCUT2D eigenvalue weighted by Crippen LogP contribution is -2.46. The third kappa shape index (κ3) is 4.11. The molecule has 0 radical (unpaired) electrons. The van der Waals surface area contributed by atoms with E-state index in [4.69, 9.17) is 0 Å². The molecule has 0 atom stereocenters. The highest BCUT2D eigenvalue weighted by Gasteiger charge is 2.15. The van der Waals surface area contributed by atoms with Gasteiger partial charge in [0.25, 0.3) is 0 Å². The summed E-state index contributed by atoms with van der Waals surface area (Å²) in [5, 5.41) is 0. The predicted molar refractivity (Wildman–Crippen MR) is 78.1 cm³/mol. The molecule has 18 heavy (non-hydrogen) atoms. The van der Waals surface area contributed by atoms with E-state index in [1.54, 1.807) is 0 Å². The fraction of sp³-hybridized carbons (Fsp3) is 0.625. The Labute approximate surface area is 112 Å². The SMILES string of the molecule is CCCN1CCN(CCc2cccc(C)c2)CC1. The minimum Gasteiger partial charge on any atom is -0.301 e. The molecule has 0 unspecified atom stereocenters. The second kappa shape index (κ2) is 6.91. The molecule has 2 rings (SSSR count). The standard InChI is InChI=1S/C16H26N2/c1-3-8-17-10-12-18(13-11-17)9-7-16-6-4-5-15(2)14-16/h4-6,14H,3,7-13H2,1-2H3. The van der Waals surface area contributed by atoms with Gasteiger partial charge in [0.15, 0.2) is 0 Å². The molecule has 0 aromatic heterocycles. The van der Waals surface area contributed by atoms with Gasteiger partial charge in [-0.05, 0) is 31.9 Å². The van der Waals surface area contributed by atoms with Gasteiger partial charge in [-0.2, -0.15) is 0 Å². The summed E-state index contributed by atoms with van der Waals surface area (Å²) in [4.78, 5) is 5.19. The Morgan fingerprint density at radius 1 is 1.00 bits per heavy atom. The molecule has 0 aliphatic carbocycles. The van der Waals surface area contributed by atoms with E-state index in [1.807, 2.05) is 0 Å². The van der Waals surface area contributed by atoms with Crippen molar-refractivity contribution in [2.24, 2.45) is 0 Å². The van der Waals surface area contributed by atoms with Crippen LogP contribution in [0, 0.1) is 6.92 Å². The maximum Gasteiger partial charge on any atom is 0.0110 e. The average molecular weight is 246 g/mol. The summed E-state index contributed by atoms with van der Waals surface area (Å²) < 4.78 is 0. The summed E-state index contributed by atoms with van der Waals surface area (Å²) in [6.07, 6.45) is 2.47. The molecule has 2 nitrogen and oxygen atoms in total. The number of aryl methyl sites for hydroxylation is 1. The maximum absolute atomic E-state index is 2.61. The lowest BCUT2D eigenvalue weighted by atomic mass is 10.1. The van der Waals surface area contributed by atoms with E-state index in [0.29, 0.717) is 0 Å². The Morgan fingerprint density at radius 2 is 1.67 bits per heavy atom. The van der Waals surface area contributed by atoms with E-state index in [0.717, 1.165) is 0 Å². The number of nitrogens with zero attached hydrogens (tertiary/aromatic N) is 2. The van der Waals surface area contributed by atoms with Gasteiger partial charge < -0.3 is 9.80 Å². The van der Waals surface area contributed by atoms with Gasteiger partial charge in [-0.3, -0.25) is 0 Å². The van der Waals surface area contributed by atoms with Crippen LogP contribution in [0.25, 0.3) is 0 Å². The third-order valence-corrected chi connectivity index (χ3v) is 3.80. The number of rotatable bonds is 5. The van der Waals surface area contributed by atoms with E-state index in [1.165, 1.54) is 63.2 Å². The van der Waals surface area contributed by atoms with Crippen molar-refractivity contribution in [1.29, 1.82) is 0 Å². The third-order valence-electron chi connectivity index (χ3n) is 3.80. The van der Waals surface area contributed by atoms with E-state index in [2.05, 4.69) is 47.9 Å². The minimum atomic E-state index is 1.19.